The Bertz CT molecular complexity index is 534. The van der Waals surface area contributed by atoms with Gasteiger partial charge in [0.1, 0.15) is 17.8 Å². The van der Waals surface area contributed by atoms with Gasteiger partial charge in [0.25, 0.3) is 0 Å². The van der Waals surface area contributed by atoms with E-state index in [-0.39, 0.29) is 0 Å². The van der Waals surface area contributed by atoms with Gasteiger partial charge in [-0.2, -0.15) is 4.98 Å². The van der Waals surface area contributed by atoms with Gasteiger partial charge in [-0.3, -0.25) is 0 Å². The van der Waals surface area contributed by atoms with E-state index in [0.29, 0.717) is 29.7 Å². The molecule has 0 aliphatic heterocycles. The van der Waals surface area contributed by atoms with Crippen LogP contribution in [-0.4, -0.2) is 30.2 Å². The highest BCUT2D eigenvalue weighted by molar-refractivity contribution is 5.66. The van der Waals surface area contributed by atoms with Crippen molar-refractivity contribution in [3.63, 3.8) is 0 Å². The molecule has 0 aliphatic carbocycles. The summed E-state index contributed by atoms with van der Waals surface area (Å²) >= 11 is 0. The Morgan fingerprint density at radius 3 is 2.75 bits per heavy atom. The summed E-state index contributed by atoms with van der Waals surface area (Å²) in [5.41, 5.74) is 6.40. The zero-order valence-electron chi connectivity index (χ0n) is 11.4. The quantitative estimate of drug-likeness (QED) is 0.754. The standard InChI is InChI=1S/C14H18N4O2/c1-19-9-5-8-16-13-12(15)14(18-10-17-13)20-11-6-3-2-4-7-11/h2-4,6-7,10H,5,8-9,15H2,1H3,(H,16,17,18). The van der Waals surface area contributed by atoms with Crippen LogP contribution in [0.1, 0.15) is 6.42 Å². The summed E-state index contributed by atoms with van der Waals surface area (Å²) in [4.78, 5) is 8.17. The van der Waals surface area contributed by atoms with Gasteiger partial charge in [-0.15, -0.1) is 0 Å². The van der Waals surface area contributed by atoms with Crippen molar-refractivity contribution >= 4 is 11.5 Å². The molecule has 0 radical (unpaired) electrons. The van der Waals surface area contributed by atoms with E-state index in [0.717, 1.165) is 13.0 Å². The van der Waals surface area contributed by atoms with Gasteiger partial charge in [0.05, 0.1) is 0 Å². The second kappa shape index (κ2) is 7.30. The highest BCUT2D eigenvalue weighted by Crippen LogP contribution is 2.28. The Balaban J connectivity index is 2.03. The number of anilines is 2. The van der Waals surface area contributed by atoms with E-state index in [9.17, 15) is 0 Å². The molecule has 0 aliphatic rings. The first-order valence-corrected chi connectivity index (χ1v) is 6.37. The molecule has 0 bridgehead atoms. The highest BCUT2D eigenvalue weighted by atomic mass is 16.5. The van der Waals surface area contributed by atoms with Gasteiger partial charge < -0.3 is 20.5 Å². The second-order valence-electron chi connectivity index (χ2n) is 4.13. The number of benzene rings is 1. The zero-order valence-corrected chi connectivity index (χ0v) is 11.4. The van der Waals surface area contributed by atoms with E-state index < -0.39 is 0 Å². The van der Waals surface area contributed by atoms with Crippen LogP contribution >= 0.6 is 0 Å². The Kier molecular flexibility index (Phi) is 5.14. The number of nitrogens with two attached hydrogens (primary N) is 1. The molecular formula is C14H18N4O2. The first kappa shape index (κ1) is 14.1. The Morgan fingerprint density at radius 1 is 1.20 bits per heavy atom. The van der Waals surface area contributed by atoms with Gasteiger partial charge in [-0.25, -0.2) is 4.98 Å². The van der Waals surface area contributed by atoms with Crippen LogP contribution < -0.4 is 15.8 Å². The molecule has 2 aromatic rings. The molecule has 20 heavy (non-hydrogen) atoms. The number of nitrogens with one attached hydrogen (secondary N) is 1. The SMILES string of the molecule is COCCCNc1ncnc(Oc2ccccc2)c1N. The van der Waals surface area contributed by atoms with Gasteiger partial charge in [0.15, 0.2) is 5.82 Å². The number of para-hydroxylation sites is 1. The molecule has 1 aromatic heterocycles. The molecule has 0 unspecified atom stereocenters. The first-order valence-electron chi connectivity index (χ1n) is 6.37. The number of methoxy groups -OCH3 is 1. The summed E-state index contributed by atoms with van der Waals surface area (Å²) < 4.78 is 10.6. The van der Waals surface area contributed by atoms with E-state index in [1.165, 1.54) is 6.33 Å². The molecule has 0 atom stereocenters. The lowest BCUT2D eigenvalue weighted by Gasteiger charge is -2.11. The maximum absolute atomic E-state index is 6.00. The fraction of sp³-hybridized carbons (Fsp3) is 0.286. The summed E-state index contributed by atoms with van der Waals surface area (Å²) in [6, 6.07) is 9.37. The maximum Gasteiger partial charge on any atom is 0.248 e. The molecule has 106 valence electrons. The van der Waals surface area contributed by atoms with Crippen LogP contribution in [0, 0.1) is 0 Å². The van der Waals surface area contributed by atoms with Crippen molar-refractivity contribution < 1.29 is 9.47 Å². The fourth-order valence-electron chi connectivity index (χ4n) is 1.63. The Labute approximate surface area is 118 Å². The smallest absolute Gasteiger partial charge is 0.248 e. The maximum atomic E-state index is 6.00. The van der Waals surface area contributed by atoms with Crippen LogP contribution in [0.2, 0.25) is 0 Å². The number of nitrogen functional groups attached to an aromatic ring is 1. The van der Waals surface area contributed by atoms with Crippen molar-refractivity contribution in [2.45, 2.75) is 6.42 Å². The molecule has 6 heteroatoms. The summed E-state index contributed by atoms with van der Waals surface area (Å²) in [5.74, 6) is 1.60. The molecule has 1 heterocycles. The summed E-state index contributed by atoms with van der Waals surface area (Å²) in [6.45, 7) is 1.41. The first-order chi connectivity index (χ1) is 9.81. The molecule has 3 N–H and O–H groups in total. The minimum absolute atomic E-state index is 0.348. The van der Waals surface area contributed by atoms with E-state index >= 15 is 0 Å². The number of hydrogen-bond acceptors (Lipinski definition) is 6. The third kappa shape index (κ3) is 3.83. The normalized spacial score (nSPS) is 10.2. The average Bonchev–Trinajstić information content (AvgIpc) is 2.48. The summed E-state index contributed by atoms with van der Waals surface area (Å²) in [6.07, 6.45) is 2.29. The van der Waals surface area contributed by atoms with E-state index in [2.05, 4.69) is 15.3 Å². The van der Waals surface area contributed by atoms with Gasteiger partial charge in [0, 0.05) is 20.3 Å². The minimum atomic E-state index is 0.348. The van der Waals surface area contributed by atoms with Crippen LogP contribution in [0.25, 0.3) is 0 Å². The number of nitrogens with zero attached hydrogens (tertiary/aromatic N) is 2. The third-order valence-corrected chi connectivity index (χ3v) is 2.62. The van der Waals surface area contributed by atoms with Gasteiger partial charge >= 0.3 is 0 Å². The van der Waals surface area contributed by atoms with Crippen LogP contribution in [0.4, 0.5) is 11.5 Å². The molecule has 6 nitrogen and oxygen atoms in total. The molecular weight excluding hydrogens is 256 g/mol. The topological polar surface area (TPSA) is 82.3 Å². The molecule has 0 fully saturated rings. The highest BCUT2D eigenvalue weighted by Gasteiger charge is 2.09. The molecule has 0 saturated carbocycles. The molecule has 0 spiro atoms. The van der Waals surface area contributed by atoms with Crippen LogP contribution in [-0.2, 0) is 4.74 Å². The van der Waals surface area contributed by atoms with E-state index in [1.807, 2.05) is 30.3 Å². The van der Waals surface area contributed by atoms with Gasteiger partial charge in [0.2, 0.25) is 5.88 Å². The molecule has 0 saturated heterocycles. The number of ether oxygens (including phenoxy) is 2. The van der Waals surface area contributed by atoms with Crippen molar-refractivity contribution in [2.24, 2.45) is 0 Å². The van der Waals surface area contributed by atoms with Gasteiger partial charge in [-0.05, 0) is 18.6 Å². The zero-order chi connectivity index (χ0) is 14.2. The van der Waals surface area contributed by atoms with E-state index in [1.54, 1.807) is 7.11 Å². The Morgan fingerprint density at radius 2 is 2.00 bits per heavy atom. The predicted octanol–water partition coefficient (Wildman–Crippen LogP) is 2.30. The van der Waals surface area contributed by atoms with Crippen molar-refractivity contribution in [1.29, 1.82) is 0 Å². The van der Waals surface area contributed by atoms with Crippen molar-refractivity contribution in [2.75, 3.05) is 31.3 Å². The number of rotatable bonds is 7. The molecule has 2 rings (SSSR count). The van der Waals surface area contributed by atoms with E-state index in [4.69, 9.17) is 15.2 Å². The second-order valence-corrected chi connectivity index (χ2v) is 4.13. The van der Waals surface area contributed by atoms with Crippen molar-refractivity contribution in [1.82, 2.24) is 9.97 Å². The lowest BCUT2D eigenvalue weighted by molar-refractivity contribution is 0.198. The molecule has 0 amide bonds. The van der Waals surface area contributed by atoms with Crippen LogP contribution in [0.15, 0.2) is 36.7 Å². The van der Waals surface area contributed by atoms with Crippen molar-refractivity contribution in [3.05, 3.63) is 36.7 Å². The number of aromatic nitrogens is 2. The fourth-order valence-corrected chi connectivity index (χ4v) is 1.63. The third-order valence-electron chi connectivity index (χ3n) is 2.62. The minimum Gasteiger partial charge on any atom is -0.437 e. The molecule has 1 aromatic carbocycles. The van der Waals surface area contributed by atoms with Crippen molar-refractivity contribution in [3.8, 4) is 11.6 Å². The predicted molar refractivity (Wildman–Crippen MR) is 77.9 cm³/mol. The summed E-state index contributed by atoms with van der Waals surface area (Å²) in [7, 11) is 1.67. The Hall–Kier alpha value is -2.34. The lowest BCUT2D eigenvalue weighted by Crippen LogP contribution is -2.09. The van der Waals surface area contributed by atoms with Crippen LogP contribution in [0.3, 0.4) is 0 Å². The average molecular weight is 274 g/mol. The number of hydrogen-bond donors (Lipinski definition) is 2. The monoisotopic (exact) mass is 274 g/mol. The van der Waals surface area contributed by atoms with Gasteiger partial charge in [-0.1, -0.05) is 18.2 Å². The summed E-state index contributed by atoms with van der Waals surface area (Å²) in [5, 5.41) is 3.14. The van der Waals surface area contributed by atoms with Crippen LogP contribution in [0.5, 0.6) is 11.6 Å². The lowest BCUT2D eigenvalue weighted by atomic mass is 10.3. The largest absolute Gasteiger partial charge is 0.437 e.